The third-order valence-electron chi connectivity index (χ3n) is 2.95. The van der Waals surface area contributed by atoms with Crippen LogP contribution in [-0.2, 0) is 16.0 Å². The predicted octanol–water partition coefficient (Wildman–Crippen LogP) is 2.66. The molecule has 0 saturated heterocycles. The number of hydrogen-bond donors (Lipinski definition) is 1. The molecule has 1 N–H and O–H groups in total. The van der Waals surface area contributed by atoms with Crippen LogP contribution in [0.5, 0.6) is 5.88 Å². The summed E-state index contributed by atoms with van der Waals surface area (Å²) >= 11 is 0. The van der Waals surface area contributed by atoms with E-state index >= 15 is 0 Å². The van der Waals surface area contributed by atoms with E-state index in [0.29, 0.717) is 6.07 Å². The van der Waals surface area contributed by atoms with E-state index in [4.69, 9.17) is 5.11 Å². The zero-order valence-corrected chi connectivity index (χ0v) is 12.1. The Labute approximate surface area is 124 Å². The Hall–Kier alpha value is -2.16. The smallest absolute Gasteiger partial charge is 0.416 e. The fourth-order valence-electron chi connectivity index (χ4n) is 1.79. The molecule has 0 unspecified atom stereocenters. The Kier molecular flexibility index (Phi) is 4.10. The van der Waals surface area contributed by atoms with Crippen molar-refractivity contribution in [3.05, 3.63) is 35.9 Å². The van der Waals surface area contributed by atoms with Crippen molar-refractivity contribution in [1.29, 1.82) is 0 Å². The van der Waals surface area contributed by atoms with Crippen LogP contribution in [0.15, 0.2) is 35.2 Å². The van der Waals surface area contributed by atoms with Gasteiger partial charge in [0, 0.05) is 11.6 Å². The van der Waals surface area contributed by atoms with Crippen LogP contribution in [-0.4, -0.2) is 29.5 Å². The van der Waals surface area contributed by atoms with E-state index in [0.717, 1.165) is 12.1 Å². The number of halogens is 3. The quantitative estimate of drug-likeness (QED) is 0.935. The van der Waals surface area contributed by atoms with Crippen LogP contribution in [0.2, 0.25) is 0 Å². The molecular formula is C13H11F3N2O3S. The first kappa shape index (κ1) is 16.2. The van der Waals surface area contributed by atoms with Crippen LogP contribution < -0.4 is 0 Å². The van der Waals surface area contributed by atoms with Gasteiger partial charge in [0.1, 0.15) is 0 Å². The second kappa shape index (κ2) is 5.56. The Morgan fingerprint density at radius 1 is 1.14 bits per heavy atom. The zero-order chi connectivity index (χ0) is 16.5. The summed E-state index contributed by atoms with van der Waals surface area (Å²) in [6.07, 6.45) is -4.66. The Morgan fingerprint density at radius 2 is 1.82 bits per heavy atom. The van der Waals surface area contributed by atoms with Gasteiger partial charge in [-0.2, -0.15) is 13.2 Å². The van der Waals surface area contributed by atoms with Gasteiger partial charge in [0.05, 0.1) is 21.9 Å². The normalized spacial score (nSPS) is 12.4. The van der Waals surface area contributed by atoms with Gasteiger partial charge < -0.3 is 5.11 Å². The van der Waals surface area contributed by atoms with Crippen molar-refractivity contribution in [3.63, 3.8) is 0 Å². The minimum absolute atomic E-state index is 0.00218. The second-order valence-electron chi connectivity index (χ2n) is 4.39. The Morgan fingerprint density at radius 3 is 2.32 bits per heavy atom. The SMILES string of the molecule is CCS(=O)(=O)c1cc(C(F)(F)F)ccc1-c1ccc(O)nn1. The fraction of sp³-hybridized carbons (Fsp3) is 0.231. The highest BCUT2D eigenvalue weighted by Gasteiger charge is 2.33. The predicted molar refractivity (Wildman–Crippen MR) is 71.9 cm³/mol. The highest BCUT2D eigenvalue weighted by atomic mass is 32.2. The van der Waals surface area contributed by atoms with Gasteiger partial charge in [0.15, 0.2) is 9.84 Å². The summed E-state index contributed by atoms with van der Waals surface area (Å²) < 4.78 is 62.5. The molecule has 2 aromatic rings. The maximum Gasteiger partial charge on any atom is 0.416 e. The van der Waals surface area contributed by atoms with Gasteiger partial charge in [-0.05, 0) is 18.2 Å². The Balaban J connectivity index is 2.71. The van der Waals surface area contributed by atoms with E-state index in [2.05, 4.69) is 10.2 Å². The minimum Gasteiger partial charge on any atom is -0.492 e. The van der Waals surface area contributed by atoms with Crippen molar-refractivity contribution in [2.24, 2.45) is 0 Å². The molecule has 0 spiro atoms. The number of benzene rings is 1. The van der Waals surface area contributed by atoms with Crippen LogP contribution in [0.4, 0.5) is 13.2 Å². The van der Waals surface area contributed by atoms with Gasteiger partial charge in [0.25, 0.3) is 0 Å². The van der Waals surface area contributed by atoms with E-state index < -0.39 is 26.5 Å². The molecule has 9 heteroatoms. The summed E-state index contributed by atoms with van der Waals surface area (Å²) in [7, 11) is -3.90. The molecule has 118 valence electrons. The van der Waals surface area contributed by atoms with E-state index in [-0.39, 0.29) is 22.9 Å². The van der Waals surface area contributed by atoms with Crippen molar-refractivity contribution in [2.75, 3.05) is 5.75 Å². The molecule has 1 aromatic carbocycles. The number of aromatic hydroxyl groups is 1. The lowest BCUT2D eigenvalue weighted by Crippen LogP contribution is -2.11. The highest BCUT2D eigenvalue weighted by molar-refractivity contribution is 7.91. The molecule has 0 aliphatic carbocycles. The number of sulfone groups is 1. The van der Waals surface area contributed by atoms with Gasteiger partial charge in [-0.3, -0.25) is 0 Å². The van der Waals surface area contributed by atoms with Crippen LogP contribution >= 0.6 is 0 Å². The molecule has 5 nitrogen and oxygen atoms in total. The van der Waals surface area contributed by atoms with Crippen molar-refractivity contribution >= 4 is 9.84 Å². The summed E-state index contributed by atoms with van der Waals surface area (Å²) in [6.45, 7) is 1.34. The second-order valence-corrected chi connectivity index (χ2v) is 6.64. The van der Waals surface area contributed by atoms with Crippen LogP contribution in [0.1, 0.15) is 12.5 Å². The summed E-state index contributed by atoms with van der Waals surface area (Å²) in [6, 6.07) is 4.84. The first-order chi connectivity index (χ1) is 10.1. The molecule has 0 atom stereocenters. The molecule has 0 saturated carbocycles. The van der Waals surface area contributed by atoms with Crippen molar-refractivity contribution in [2.45, 2.75) is 18.0 Å². The number of hydrogen-bond acceptors (Lipinski definition) is 5. The molecule has 0 aliphatic heterocycles. The molecule has 2 rings (SSSR count). The zero-order valence-electron chi connectivity index (χ0n) is 11.3. The summed E-state index contributed by atoms with van der Waals surface area (Å²) in [5.74, 6) is -0.733. The molecule has 0 radical (unpaired) electrons. The number of aromatic nitrogens is 2. The lowest BCUT2D eigenvalue weighted by atomic mass is 10.1. The van der Waals surface area contributed by atoms with E-state index in [1.54, 1.807) is 0 Å². The lowest BCUT2D eigenvalue weighted by Gasteiger charge is -2.13. The maximum atomic E-state index is 12.8. The number of rotatable bonds is 3. The third-order valence-corrected chi connectivity index (χ3v) is 4.72. The fourth-order valence-corrected chi connectivity index (χ4v) is 2.92. The molecule has 0 amide bonds. The van der Waals surface area contributed by atoms with Gasteiger partial charge in [-0.25, -0.2) is 8.42 Å². The van der Waals surface area contributed by atoms with Gasteiger partial charge in [-0.1, -0.05) is 13.0 Å². The minimum atomic E-state index is -4.66. The highest BCUT2D eigenvalue weighted by Crippen LogP contribution is 2.35. The summed E-state index contributed by atoms with van der Waals surface area (Å²) in [4.78, 5) is -0.468. The molecule has 0 bridgehead atoms. The van der Waals surface area contributed by atoms with E-state index in [1.165, 1.54) is 19.1 Å². The monoisotopic (exact) mass is 332 g/mol. The van der Waals surface area contributed by atoms with E-state index in [1.807, 2.05) is 0 Å². The third kappa shape index (κ3) is 3.19. The van der Waals surface area contributed by atoms with E-state index in [9.17, 15) is 21.6 Å². The lowest BCUT2D eigenvalue weighted by molar-refractivity contribution is -0.137. The van der Waals surface area contributed by atoms with Crippen LogP contribution in [0.3, 0.4) is 0 Å². The molecule has 1 heterocycles. The molecule has 22 heavy (non-hydrogen) atoms. The first-order valence-electron chi connectivity index (χ1n) is 6.12. The topological polar surface area (TPSA) is 80.2 Å². The standard InChI is InChI=1S/C13H11F3N2O3S/c1-2-22(20,21)11-7-8(13(14,15)16)3-4-9(11)10-5-6-12(19)18-17-10/h3-7H,2H2,1H3,(H,18,19). The van der Waals surface area contributed by atoms with Crippen molar-refractivity contribution < 1.29 is 26.7 Å². The van der Waals surface area contributed by atoms with Crippen molar-refractivity contribution in [1.82, 2.24) is 10.2 Å². The Bertz CT molecular complexity index is 787. The molecule has 0 fully saturated rings. The molecule has 1 aromatic heterocycles. The molecule has 0 aliphatic rings. The summed E-state index contributed by atoms with van der Waals surface area (Å²) in [5.41, 5.74) is -1.00. The van der Waals surface area contributed by atoms with Crippen LogP contribution in [0, 0.1) is 0 Å². The number of alkyl halides is 3. The van der Waals surface area contributed by atoms with Crippen LogP contribution in [0.25, 0.3) is 11.3 Å². The summed E-state index contributed by atoms with van der Waals surface area (Å²) in [5, 5.41) is 16.1. The average Bonchev–Trinajstić information content (AvgIpc) is 2.46. The average molecular weight is 332 g/mol. The van der Waals surface area contributed by atoms with Gasteiger partial charge in [-0.15, -0.1) is 10.2 Å². The van der Waals surface area contributed by atoms with Gasteiger partial charge >= 0.3 is 6.18 Å². The van der Waals surface area contributed by atoms with Gasteiger partial charge in [0.2, 0.25) is 5.88 Å². The maximum absolute atomic E-state index is 12.8. The first-order valence-corrected chi connectivity index (χ1v) is 7.77. The largest absolute Gasteiger partial charge is 0.492 e. The molecular weight excluding hydrogens is 321 g/mol. The van der Waals surface area contributed by atoms with Crippen molar-refractivity contribution in [3.8, 4) is 17.1 Å². The number of nitrogens with zero attached hydrogens (tertiary/aromatic N) is 2.